The predicted molar refractivity (Wildman–Crippen MR) is 94.6 cm³/mol. The van der Waals surface area contributed by atoms with Crippen molar-refractivity contribution in [1.82, 2.24) is 5.32 Å². The first-order valence-electron chi connectivity index (χ1n) is 7.50. The zero-order valence-corrected chi connectivity index (χ0v) is 14.8. The maximum absolute atomic E-state index is 13.0. The van der Waals surface area contributed by atoms with Gasteiger partial charge in [-0.15, -0.1) is 0 Å². The van der Waals surface area contributed by atoms with E-state index < -0.39 is 17.3 Å². The Morgan fingerprint density at radius 1 is 1.12 bits per heavy atom. The lowest BCUT2D eigenvalue weighted by Gasteiger charge is -2.25. The van der Waals surface area contributed by atoms with Crippen LogP contribution in [-0.4, -0.2) is 24.5 Å². The summed E-state index contributed by atoms with van der Waals surface area (Å²) < 4.78 is 18.6. The molecule has 2 N–H and O–H groups in total. The molecule has 0 aliphatic carbocycles. The molecule has 2 amide bonds. The van der Waals surface area contributed by atoms with Gasteiger partial charge in [-0.3, -0.25) is 9.59 Å². The number of halogens is 2. The van der Waals surface area contributed by atoms with Crippen molar-refractivity contribution in [2.45, 2.75) is 19.4 Å². The fourth-order valence-electron chi connectivity index (χ4n) is 2.02. The van der Waals surface area contributed by atoms with E-state index in [0.717, 1.165) is 0 Å². The van der Waals surface area contributed by atoms with Gasteiger partial charge in [0, 0.05) is 12.6 Å². The number of anilines is 1. The second kappa shape index (κ2) is 7.53. The van der Waals surface area contributed by atoms with Crippen LogP contribution in [0.5, 0.6) is 5.75 Å². The van der Waals surface area contributed by atoms with Crippen molar-refractivity contribution < 1.29 is 18.7 Å². The number of nitrogens with one attached hydrogen (secondary N) is 2. The standard InChI is InChI=1S/C18H18ClFN2O3/c1-18(2,25-13-7-5-12(20)6-8-13)17(24)22-15-10-11(16(23)21-3)4-9-14(15)19/h4-10H,1-3H3,(H,21,23)(H,22,24). The molecule has 132 valence electrons. The Morgan fingerprint density at radius 2 is 1.76 bits per heavy atom. The van der Waals surface area contributed by atoms with Crippen LogP contribution in [-0.2, 0) is 4.79 Å². The number of amides is 2. The number of ether oxygens (including phenoxy) is 1. The van der Waals surface area contributed by atoms with Crippen molar-refractivity contribution in [3.63, 3.8) is 0 Å². The zero-order valence-electron chi connectivity index (χ0n) is 14.0. The van der Waals surface area contributed by atoms with Gasteiger partial charge in [0.2, 0.25) is 0 Å². The predicted octanol–water partition coefficient (Wildman–Crippen LogP) is 3.63. The Labute approximate surface area is 150 Å². The molecule has 7 heteroatoms. The van der Waals surface area contributed by atoms with E-state index in [-0.39, 0.29) is 5.91 Å². The number of rotatable bonds is 5. The first-order chi connectivity index (χ1) is 11.7. The first-order valence-corrected chi connectivity index (χ1v) is 7.88. The van der Waals surface area contributed by atoms with Gasteiger partial charge >= 0.3 is 0 Å². The fraction of sp³-hybridized carbons (Fsp3) is 0.222. The molecule has 5 nitrogen and oxygen atoms in total. The molecule has 0 aliphatic heterocycles. The minimum atomic E-state index is -1.25. The van der Waals surface area contributed by atoms with Crippen LogP contribution < -0.4 is 15.4 Å². The summed E-state index contributed by atoms with van der Waals surface area (Å²) in [6, 6.07) is 9.91. The minimum absolute atomic E-state index is 0.290. The van der Waals surface area contributed by atoms with Crippen LogP contribution in [0.25, 0.3) is 0 Å². The van der Waals surface area contributed by atoms with E-state index in [0.29, 0.717) is 22.0 Å². The van der Waals surface area contributed by atoms with Crippen molar-refractivity contribution in [1.29, 1.82) is 0 Å². The van der Waals surface area contributed by atoms with Crippen molar-refractivity contribution in [3.8, 4) is 5.75 Å². The molecular weight excluding hydrogens is 347 g/mol. The van der Waals surface area contributed by atoms with Gasteiger partial charge in [-0.05, 0) is 56.3 Å². The SMILES string of the molecule is CNC(=O)c1ccc(Cl)c(NC(=O)C(C)(C)Oc2ccc(F)cc2)c1. The molecule has 0 saturated carbocycles. The fourth-order valence-corrected chi connectivity index (χ4v) is 2.19. The molecule has 25 heavy (non-hydrogen) atoms. The molecule has 0 heterocycles. The number of benzene rings is 2. The molecule has 0 aromatic heterocycles. The van der Waals surface area contributed by atoms with E-state index in [4.69, 9.17) is 16.3 Å². The topological polar surface area (TPSA) is 67.4 Å². The molecule has 2 rings (SSSR count). The maximum Gasteiger partial charge on any atom is 0.268 e. The molecule has 0 bridgehead atoms. The Kier molecular flexibility index (Phi) is 5.64. The Hall–Kier alpha value is -2.60. The molecule has 2 aromatic carbocycles. The molecule has 0 aliphatic rings. The van der Waals surface area contributed by atoms with Gasteiger partial charge in [0.1, 0.15) is 11.6 Å². The van der Waals surface area contributed by atoms with Gasteiger partial charge in [-0.2, -0.15) is 0 Å². The summed E-state index contributed by atoms with van der Waals surface area (Å²) in [4.78, 5) is 24.2. The molecule has 0 saturated heterocycles. The van der Waals surface area contributed by atoms with E-state index >= 15 is 0 Å². The largest absolute Gasteiger partial charge is 0.478 e. The van der Waals surface area contributed by atoms with E-state index in [1.807, 2.05) is 0 Å². The first kappa shape index (κ1) is 18.7. The van der Waals surface area contributed by atoms with Crippen LogP contribution in [0.1, 0.15) is 24.2 Å². The number of carbonyl (C=O) groups is 2. The maximum atomic E-state index is 13.0. The number of hydrogen-bond acceptors (Lipinski definition) is 3. The monoisotopic (exact) mass is 364 g/mol. The summed E-state index contributed by atoms with van der Waals surface area (Å²) >= 11 is 6.09. The van der Waals surface area contributed by atoms with E-state index in [9.17, 15) is 14.0 Å². The lowest BCUT2D eigenvalue weighted by molar-refractivity contribution is -0.128. The van der Waals surface area contributed by atoms with E-state index in [1.54, 1.807) is 19.9 Å². The van der Waals surface area contributed by atoms with Crippen molar-refractivity contribution in [3.05, 3.63) is 58.9 Å². The van der Waals surface area contributed by atoms with Gasteiger partial charge in [0.25, 0.3) is 11.8 Å². The van der Waals surface area contributed by atoms with Gasteiger partial charge in [-0.25, -0.2) is 4.39 Å². The lowest BCUT2D eigenvalue weighted by Crippen LogP contribution is -2.42. The molecule has 0 fully saturated rings. The third kappa shape index (κ3) is 4.70. The lowest BCUT2D eigenvalue weighted by atomic mass is 10.1. The smallest absolute Gasteiger partial charge is 0.268 e. The van der Waals surface area contributed by atoms with Gasteiger partial charge < -0.3 is 15.4 Å². The average Bonchev–Trinajstić information content (AvgIpc) is 2.58. The van der Waals surface area contributed by atoms with Crippen LogP contribution >= 0.6 is 11.6 Å². The van der Waals surface area contributed by atoms with Crippen LogP contribution in [0, 0.1) is 5.82 Å². The highest BCUT2D eigenvalue weighted by atomic mass is 35.5. The number of hydrogen-bond donors (Lipinski definition) is 2. The van der Waals surface area contributed by atoms with Crippen LogP contribution in [0.2, 0.25) is 5.02 Å². The van der Waals surface area contributed by atoms with E-state index in [1.165, 1.54) is 43.4 Å². The van der Waals surface area contributed by atoms with Gasteiger partial charge in [0.05, 0.1) is 10.7 Å². The quantitative estimate of drug-likeness (QED) is 0.851. The summed E-state index contributed by atoms with van der Waals surface area (Å²) in [5.74, 6) is -0.805. The van der Waals surface area contributed by atoms with E-state index in [2.05, 4.69) is 10.6 Å². The highest BCUT2D eigenvalue weighted by Crippen LogP contribution is 2.26. The van der Waals surface area contributed by atoms with Gasteiger partial charge in [-0.1, -0.05) is 11.6 Å². The van der Waals surface area contributed by atoms with Crippen molar-refractivity contribution in [2.24, 2.45) is 0 Å². The highest BCUT2D eigenvalue weighted by Gasteiger charge is 2.30. The average molecular weight is 365 g/mol. The van der Waals surface area contributed by atoms with Crippen molar-refractivity contribution >= 4 is 29.1 Å². The van der Waals surface area contributed by atoms with Crippen LogP contribution in [0.4, 0.5) is 10.1 Å². The third-order valence-corrected chi connectivity index (χ3v) is 3.77. The summed E-state index contributed by atoms with van der Waals surface area (Å²) in [5.41, 5.74) is -0.590. The summed E-state index contributed by atoms with van der Waals surface area (Å²) in [5, 5.41) is 5.44. The summed E-state index contributed by atoms with van der Waals surface area (Å²) in [6.45, 7) is 3.14. The molecule has 0 atom stereocenters. The van der Waals surface area contributed by atoms with Gasteiger partial charge in [0.15, 0.2) is 5.60 Å². The second-order valence-electron chi connectivity index (χ2n) is 5.79. The summed E-state index contributed by atoms with van der Waals surface area (Å²) in [6.07, 6.45) is 0. The summed E-state index contributed by atoms with van der Waals surface area (Å²) in [7, 11) is 1.51. The molecule has 0 radical (unpaired) electrons. The second-order valence-corrected chi connectivity index (χ2v) is 6.20. The Morgan fingerprint density at radius 3 is 2.36 bits per heavy atom. The Bertz CT molecular complexity index is 791. The minimum Gasteiger partial charge on any atom is -0.478 e. The molecule has 0 unspecified atom stereocenters. The van der Waals surface area contributed by atoms with Crippen LogP contribution in [0.3, 0.4) is 0 Å². The third-order valence-electron chi connectivity index (χ3n) is 3.44. The van der Waals surface area contributed by atoms with Crippen LogP contribution in [0.15, 0.2) is 42.5 Å². The molecule has 0 spiro atoms. The highest BCUT2D eigenvalue weighted by molar-refractivity contribution is 6.34. The normalized spacial score (nSPS) is 10.9. The molecular formula is C18H18ClFN2O3. The van der Waals surface area contributed by atoms with Crippen molar-refractivity contribution in [2.75, 3.05) is 12.4 Å². The number of carbonyl (C=O) groups excluding carboxylic acids is 2. The molecule has 2 aromatic rings. The zero-order chi connectivity index (χ0) is 18.6. The Balaban J connectivity index is 2.17.